The molecule has 1 aliphatic carbocycles. The summed E-state index contributed by atoms with van der Waals surface area (Å²) in [7, 11) is 0. The second-order valence-electron chi connectivity index (χ2n) is 10.8. The molecule has 1 saturated carbocycles. The van der Waals surface area contributed by atoms with Crippen LogP contribution in [0.15, 0.2) is 90.0 Å². The maximum atomic E-state index is 13.2. The number of nitrogens with one attached hydrogen (secondary N) is 3. The van der Waals surface area contributed by atoms with Crippen LogP contribution in [0.2, 0.25) is 0 Å². The Hall–Kier alpha value is -5.05. The minimum atomic E-state index is -0.768. The highest BCUT2D eigenvalue weighted by atomic mass is 16.2. The van der Waals surface area contributed by atoms with Gasteiger partial charge in [-0.05, 0) is 73.4 Å². The number of benzene rings is 2. The summed E-state index contributed by atoms with van der Waals surface area (Å²) >= 11 is 0. The number of nitrogens with zero attached hydrogens (tertiary/aromatic N) is 3. The average Bonchev–Trinajstić information content (AvgIpc) is 3.41. The van der Waals surface area contributed by atoms with E-state index >= 15 is 0 Å². The lowest BCUT2D eigenvalue weighted by molar-refractivity contribution is -0.117. The summed E-state index contributed by atoms with van der Waals surface area (Å²) in [6.07, 6.45) is 9.27. The van der Waals surface area contributed by atoms with Crippen LogP contribution in [0.25, 0.3) is 27.8 Å². The van der Waals surface area contributed by atoms with E-state index in [1.807, 2.05) is 41.1 Å². The van der Waals surface area contributed by atoms with Crippen LogP contribution in [0.4, 0.5) is 5.69 Å². The quantitative estimate of drug-likeness (QED) is 0.240. The molecule has 3 heterocycles. The molecule has 1 atom stereocenters. The second-order valence-corrected chi connectivity index (χ2v) is 10.8. The molecule has 3 aromatic heterocycles. The van der Waals surface area contributed by atoms with Crippen LogP contribution in [-0.4, -0.2) is 37.6 Å². The van der Waals surface area contributed by atoms with Crippen molar-refractivity contribution in [3.05, 3.63) is 107 Å². The van der Waals surface area contributed by atoms with Crippen molar-refractivity contribution in [1.82, 2.24) is 25.1 Å². The number of aromatic nitrogens is 4. The molecule has 212 valence electrons. The van der Waals surface area contributed by atoms with Gasteiger partial charge in [0.2, 0.25) is 11.5 Å². The SMILES string of the molecule is CC(NC(=O)c1ccc2c(C3CCCCC3)n(-c3ccccn3)nc2c1)C(=O)Nc1ccc(-c2ccc(=O)[nH]c2)cc1. The Labute approximate surface area is 243 Å². The third kappa shape index (κ3) is 5.72. The maximum absolute atomic E-state index is 13.2. The van der Waals surface area contributed by atoms with E-state index in [1.165, 1.54) is 25.3 Å². The van der Waals surface area contributed by atoms with Gasteiger partial charge in [0.05, 0.1) is 11.2 Å². The van der Waals surface area contributed by atoms with Crippen molar-refractivity contribution in [3.63, 3.8) is 0 Å². The Balaban J connectivity index is 1.17. The van der Waals surface area contributed by atoms with E-state index in [-0.39, 0.29) is 17.4 Å². The maximum Gasteiger partial charge on any atom is 0.251 e. The van der Waals surface area contributed by atoms with E-state index < -0.39 is 6.04 Å². The van der Waals surface area contributed by atoms with Crippen LogP contribution in [-0.2, 0) is 4.79 Å². The van der Waals surface area contributed by atoms with Crippen LogP contribution in [0.3, 0.4) is 0 Å². The summed E-state index contributed by atoms with van der Waals surface area (Å²) in [6.45, 7) is 1.65. The van der Waals surface area contributed by atoms with Crippen LogP contribution in [0.1, 0.15) is 61.0 Å². The third-order valence-electron chi connectivity index (χ3n) is 7.84. The minimum Gasteiger partial charge on any atom is -0.341 e. The van der Waals surface area contributed by atoms with Gasteiger partial charge in [0.15, 0.2) is 5.82 Å². The first-order chi connectivity index (χ1) is 20.5. The number of carbonyl (C=O) groups is 2. The first kappa shape index (κ1) is 27.1. The van der Waals surface area contributed by atoms with E-state index in [0.29, 0.717) is 17.2 Å². The van der Waals surface area contributed by atoms with Crippen LogP contribution in [0, 0.1) is 0 Å². The lowest BCUT2D eigenvalue weighted by Crippen LogP contribution is -2.41. The first-order valence-corrected chi connectivity index (χ1v) is 14.3. The Morgan fingerprint density at radius 3 is 2.45 bits per heavy atom. The standard InChI is InChI=1S/C33H32N6O3/c1-21(32(41)37-26-14-10-22(11-15-26)25-13-17-30(40)35-20-25)36-33(42)24-12-16-27-28(19-24)38-39(29-9-5-6-18-34-29)31(27)23-7-3-2-4-8-23/h5-6,9-21,23H,2-4,7-8H2,1H3,(H,35,40)(H,36,42)(H,37,41). The smallest absolute Gasteiger partial charge is 0.251 e. The summed E-state index contributed by atoms with van der Waals surface area (Å²) in [4.78, 5) is 44.6. The predicted molar refractivity (Wildman–Crippen MR) is 163 cm³/mol. The van der Waals surface area contributed by atoms with Crippen molar-refractivity contribution >= 4 is 28.4 Å². The molecule has 0 bridgehead atoms. The van der Waals surface area contributed by atoms with Crippen molar-refractivity contribution in [2.45, 2.75) is 51.0 Å². The molecule has 1 unspecified atom stereocenters. The lowest BCUT2D eigenvalue weighted by Gasteiger charge is -2.22. The van der Waals surface area contributed by atoms with Gasteiger partial charge in [0, 0.05) is 41.0 Å². The van der Waals surface area contributed by atoms with Gasteiger partial charge in [0.1, 0.15) is 6.04 Å². The Kier molecular flexibility index (Phi) is 7.64. The monoisotopic (exact) mass is 560 g/mol. The normalized spacial score (nSPS) is 14.4. The highest BCUT2D eigenvalue weighted by Crippen LogP contribution is 2.37. The summed E-state index contributed by atoms with van der Waals surface area (Å²) < 4.78 is 1.93. The second kappa shape index (κ2) is 11.8. The highest BCUT2D eigenvalue weighted by molar-refractivity contribution is 6.02. The number of pyridine rings is 2. The molecule has 9 nitrogen and oxygen atoms in total. The Bertz CT molecular complexity index is 1770. The van der Waals surface area contributed by atoms with Gasteiger partial charge in [-0.2, -0.15) is 5.10 Å². The van der Waals surface area contributed by atoms with Gasteiger partial charge in [-0.3, -0.25) is 14.4 Å². The van der Waals surface area contributed by atoms with Gasteiger partial charge in [-0.25, -0.2) is 9.67 Å². The Morgan fingerprint density at radius 2 is 1.74 bits per heavy atom. The molecule has 0 aliphatic heterocycles. The van der Waals surface area contributed by atoms with Gasteiger partial charge in [-0.15, -0.1) is 0 Å². The van der Waals surface area contributed by atoms with Crippen molar-refractivity contribution in [3.8, 4) is 16.9 Å². The highest BCUT2D eigenvalue weighted by Gasteiger charge is 2.25. The van der Waals surface area contributed by atoms with Gasteiger partial charge in [-0.1, -0.05) is 43.5 Å². The molecule has 0 saturated heterocycles. The molecule has 42 heavy (non-hydrogen) atoms. The molecule has 1 aliphatic rings. The molecule has 5 aromatic rings. The van der Waals surface area contributed by atoms with E-state index in [0.717, 1.165) is 46.4 Å². The molecule has 2 amide bonds. The molecule has 3 N–H and O–H groups in total. The molecule has 0 spiro atoms. The third-order valence-corrected chi connectivity index (χ3v) is 7.84. The molecule has 1 fully saturated rings. The molecule has 9 heteroatoms. The van der Waals surface area contributed by atoms with E-state index in [1.54, 1.807) is 49.6 Å². The van der Waals surface area contributed by atoms with Crippen molar-refractivity contribution < 1.29 is 9.59 Å². The van der Waals surface area contributed by atoms with Crippen LogP contribution in [0.5, 0.6) is 0 Å². The topological polar surface area (TPSA) is 122 Å². The predicted octanol–water partition coefficient (Wildman–Crippen LogP) is 5.58. The average molecular weight is 561 g/mol. The molecule has 2 aromatic carbocycles. The lowest BCUT2D eigenvalue weighted by atomic mass is 9.85. The number of hydrogen-bond acceptors (Lipinski definition) is 5. The van der Waals surface area contributed by atoms with Gasteiger partial charge in [0.25, 0.3) is 5.91 Å². The molecule has 6 rings (SSSR count). The van der Waals surface area contributed by atoms with Crippen molar-refractivity contribution in [2.75, 3.05) is 5.32 Å². The van der Waals surface area contributed by atoms with E-state index in [9.17, 15) is 14.4 Å². The first-order valence-electron chi connectivity index (χ1n) is 14.3. The number of fused-ring (bicyclic) bond motifs is 1. The van der Waals surface area contributed by atoms with Crippen molar-refractivity contribution in [1.29, 1.82) is 0 Å². The number of rotatable bonds is 7. The minimum absolute atomic E-state index is 0.165. The van der Waals surface area contributed by atoms with Gasteiger partial charge >= 0.3 is 0 Å². The number of anilines is 1. The van der Waals surface area contributed by atoms with Crippen molar-refractivity contribution in [2.24, 2.45) is 0 Å². The summed E-state index contributed by atoms with van der Waals surface area (Å²) in [5.74, 6) is 0.469. The number of carbonyl (C=O) groups excluding carboxylic acids is 2. The van der Waals surface area contributed by atoms with E-state index in [2.05, 4.69) is 20.6 Å². The summed E-state index contributed by atoms with van der Waals surface area (Å²) in [5.41, 5.74) is 4.52. The zero-order valence-corrected chi connectivity index (χ0v) is 23.3. The number of aromatic amines is 1. The zero-order chi connectivity index (χ0) is 29.1. The van der Waals surface area contributed by atoms with Crippen LogP contribution >= 0.6 is 0 Å². The fraction of sp³-hybridized carbons (Fsp3) is 0.242. The number of amides is 2. The summed E-state index contributed by atoms with van der Waals surface area (Å²) in [6, 6.07) is 21.0. The van der Waals surface area contributed by atoms with E-state index in [4.69, 9.17) is 5.10 Å². The molecule has 0 radical (unpaired) electrons. The fourth-order valence-electron chi connectivity index (χ4n) is 5.60. The summed E-state index contributed by atoms with van der Waals surface area (Å²) in [5, 5.41) is 11.6. The number of hydrogen-bond donors (Lipinski definition) is 3. The Morgan fingerprint density at radius 1 is 0.952 bits per heavy atom. The number of H-pyrrole nitrogens is 1. The van der Waals surface area contributed by atoms with Gasteiger partial charge < -0.3 is 15.6 Å². The largest absolute Gasteiger partial charge is 0.341 e. The zero-order valence-electron chi connectivity index (χ0n) is 23.3. The molecular weight excluding hydrogens is 528 g/mol. The molecular formula is C33H32N6O3. The fourth-order valence-corrected chi connectivity index (χ4v) is 5.60. The van der Waals surface area contributed by atoms with Crippen LogP contribution < -0.4 is 16.2 Å².